The first kappa shape index (κ1) is 17.2. The number of nitrogens with one attached hydrogen (secondary N) is 1. The minimum Gasteiger partial charge on any atom is -0.464 e. The van der Waals surface area contributed by atoms with Crippen molar-refractivity contribution in [2.45, 2.75) is 40.7 Å². The molecular weight excluding hydrogens is 342 g/mol. The number of carbonyl (C=O) groups is 1. The molecule has 0 aliphatic rings. The molecule has 0 saturated carbocycles. The van der Waals surface area contributed by atoms with E-state index in [9.17, 15) is 4.79 Å². The normalized spacial score (nSPS) is 11.4. The Kier molecular flexibility index (Phi) is 4.14. The Balaban J connectivity index is 1.50. The second kappa shape index (κ2) is 6.50. The third-order valence-corrected chi connectivity index (χ3v) is 4.90. The van der Waals surface area contributed by atoms with E-state index in [1.807, 2.05) is 44.2 Å². The number of furan rings is 1. The quantitative estimate of drug-likeness (QED) is 0.602. The summed E-state index contributed by atoms with van der Waals surface area (Å²) in [5.41, 5.74) is 5.88. The molecule has 0 saturated heterocycles. The van der Waals surface area contributed by atoms with Crippen LogP contribution in [-0.2, 0) is 17.8 Å². The predicted octanol–water partition coefficient (Wildman–Crippen LogP) is 2.96. The van der Waals surface area contributed by atoms with E-state index < -0.39 is 0 Å². The standard InChI is InChI=1S/C20H21N5O2/c1-11-5-6-16-15(10-27-19(16)14(11)4)8-18(26)21-9-17-23-24-20-22-12(2)7-13(3)25(17)20/h5-7,10H,8-9H2,1-4H3,(H,21,26). The molecule has 0 bridgehead atoms. The van der Waals surface area contributed by atoms with Crippen LogP contribution in [0.25, 0.3) is 16.7 Å². The topological polar surface area (TPSA) is 85.3 Å². The number of hydrogen-bond donors (Lipinski definition) is 1. The average molecular weight is 363 g/mol. The molecule has 3 heterocycles. The minimum absolute atomic E-state index is 0.0922. The molecule has 4 rings (SSSR count). The van der Waals surface area contributed by atoms with Gasteiger partial charge in [-0.1, -0.05) is 12.1 Å². The van der Waals surface area contributed by atoms with Gasteiger partial charge in [0.2, 0.25) is 5.91 Å². The minimum atomic E-state index is -0.0922. The summed E-state index contributed by atoms with van der Waals surface area (Å²) in [5.74, 6) is 1.11. The Morgan fingerprint density at radius 1 is 1.19 bits per heavy atom. The van der Waals surface area contributed by atoms with Crippen molar-refractivity contribution in [3.63, 3.8) is 0 Å². The van der Waals surface area contributed by atoms with Crippen LogP contribution in [0.1, 0.15) is 33.9 Å². The molecule has 4 aromatic rings. The first-order valence-electron chi connectivity index (χ1n) is 8.85. The van der Waals surface area contributed by atoms with Crippen LogP contribution in [0.2, 0.25) is 0 Å². The van der Waals surface area contributed by atoms with Crippen LogP contribution in [0.4, 0.5) is 0 Å². The number of hydrogen-bond acceptors (Lipinski definition) is 5. The second-order valence-corrected chi connectivity index (χ2v) is 6.89. The van der Waals surface area contributed by atoms with E-state index in [-0.39, 0.29) is 12.3 Å². The maximum absolute atomic E-state index is 12.5. The molecule has 0 aliphatic heterocycles. The molecule has 0 spiro atoms. The Morgan fingerprint density at radius 2 is 2.00 bits per heavy atom. The zero-order valence-electron chi connectivity index (χ0n) is 15.8. The van der Waals surface area contributed by atoms with E-state index in [1.54, 1.807) is 6.26 Å². The summed E-state index contributed by atoms with van der Waals surface area (Å²) < 4.78 is 7.54. The van der Waals surface area contributed by atoms with Crippen LogP contribution in [0, 0.1) is 27.7 Å². The molecule has 1 N–H and O–H groups in total. The van der Waals surface area contributed by atoms with Gasteiger partial charge in [0.1, 0.15) is 5.58 Å². The molecule has 138 valence electrons. The number of aryl methyl sites for hydroxylation is 4. The van der Waals surface area contributed by atoms with Gasteiger partial charge < -0.3 is 9.73 Å². The van der Waals surface area contributed by atoms with Gasteiger partial charge in [-0.05, 0) is 44.9 Å². The van der Waals surface area contributed by atoms with Crippen molar-refractivity contribution in [3.8, 4) is 0 Å². The highest BCUT2D eigenvalue weighted by molar-refractivity contribution is 5.89. The van der Waals surface area contributed by atoms with Crippen LogP contribution in [0.3, 0.4) is 0 Å². The lowest BCUT2D eigenvalue weighted by atomic mass is 10.0. The fraction of sp³-hybridized carbons (Fsp3) is 0.300. The molecule has 3 aromatic heterocycles. The molecule has 0 radical (unpaired) electrons. The van der Waals surface area contributed by atoms with Crippen LogP contribution < -0.4 is 5.32 Å². The Hall–Kier alpha value is -3.22. The SMILES string of the molecule is Cc1cc(C)n2c(CNC(=O)Cc3coc4c(C)c(C)ccc34)nnc2n1. The van der Waals surface area contributed by atoms with Gasteiger partial charge in [0.25, 0.3) is 5.78 Å². The van der Waals surface area contributed by atoms with Gasteiger partial charge >= 0.3 is 0 Å². The molecule has 7 nitrogen and oxygen atoms in total. The second-order valence-electron chi connectivity index (χ2n) is 6.89. The fourth-order valence-electron chi connectivity index (χ4n) is 3.35. The van der Waals surface area contributed by atoms with E-state index in [1.165, 1.54) is 5.56 Å². The summed E-state index contributed by atoms with van der Waals surface area (Å²) in [7, 11) is 0. The third kappa shape index (κ3) is 3.05. The Bertz CT molecular complexity index is 1170. The summed E-state index contributed by atoms with van der Waals surface area (Å²) >= 11 is 0. The highest BCUT2D eigenvalue weighted by Crippen LogP contribution is 2.26. The maximum atomic E-state index is 12.5. The summed E-state index contributed by atoms with van der Waals surface area (Å²) in [5, 5.41) is 12.1. The van der Waals surface area contributed by atoms with Gasteiger partial charge in [-0.3, -0.25) is 9.20 Å². The monoisotopic (exact) mass is 363 g/mol. The largest absolute Gasteiger partial charge is 0.464 e. The van der Waals surface area contributed by atoms with Crippen molar-refractivity contribution in [1.29, 1.82) is 0 Å². The fourth-order valence-corrected chi connectivity index (χ4v) is 3.35. The third-order valence-electron chi connectivity index (χ3n) is 4.90. The van der Waals surface area contributed by atoms with Crippen LogP contribution >= 0.6 is 0 Å². The smallest absolute Gasteiger partial charge is 0.255 e. The van der Waals surface area contributed by atoms with Crippen molar-refractivity contribution in [2.24, 2.45) is 0 Å². The van der Waals surface area contributed by atoms with Gasteiger partial charge in [0.15, 0.2) is 5.82 Å². The highest BCUT2D eigenvalue weighted by Gasteiger charge is 2.14. The molecule has 0 unspecified atom stereocenters. The molecule has 7 heteroatoms. The number of aromatic nitrogens is 4. The van der Waals surface area contributed by atoms with Crippen LogP contribution in [-0.4, -0.2) is 25.5 Å². The van der Waals surface area contributed by atoms with E-state index >= 15 is 0 Å². The zero-order chi connectivity index (χ0) is 19.1. The van der Waals surface area contributed by atoms with Gasteiger partial charge in [-0.25, -0.2) is 4.98 Å². The summed E-state index contributed by atoms with van der Waals surface area (Å²) in [6.07, 6.45) is 1.92. The van der Waals surface area contributed by atoms with E-state index in [0.29, 0.717) is 18.1 Å². The number of benzene rings is 1. The van der Waals surface area contributed by atoms with Crippen molar-refractivity contribution in [2.75, 3.05) is 0 Å². The zero-order valence-corrected chi connectivity index (χ0v) is 15.8. The van der Waals surface area contributed by atoms with Gasteiger partial charge in [-0.15, -0.1) is 10.2 Å². The number of rotatable bonds is 4. The number of fused-ring (bicyclic) bond motifs is 2. The lowest BCUT2D eigenvalue weighted by Crippen LogP contribution is -2.25. The van der Waals surface area contributed by atoms with E-state index in [0.717, 1.165) is 33.5 Å². The molecule has 0 atom stereocenters. The summed E-state index contributed by atoms with van der Waals surface area (Å²) in [6, 6.07) is 6.02. The first-order chi connectivity index (χ1) is 12.9. The highest BCUT2D eigenvalue weighted by atomic mass is 16.3. The van der Waals surface area contributed by atoms with Crippen molar-refractivity contribution in [1.82, 2.24) is 24.9 Å². The summed E-state index contributed by atoms with van der Waals surface area (Å²) in [4.78, 5) is 16.8. The van der Waals surface area contributed by atoms with Gasteiger partial charge in [-0.2, -0.15) is 0 Å². The van der Waals surface area contributed by atoms with Crippen LogP contribution in [0.5, 0.6) is 0 Å². The maximum Gasteiger partial charge on any atom is 0.255 e. The Labute approximate surface area is 156 Å². The number of amides is 1. The Morgan fingerprint density at radius 3 is 2.81 bits per heavy atom. The lowest BCUT2D eigenvalue weighted by Gasteiger charge is -2.06. The molecule has 1 aromatic carbocycles. The van der Waals surface area contributed by atoms with E-state index in [4.69, 9.17) is 4.42 Å². The van der Waals surface area contributed by atoms with Crippen molar-refractivity contribution >= 4 is 22.7 Å². The van der Waals surface area contributed by atoms with Crippen molar-refractivity contribution < 1.29 is 9.21 Å². The first-order valence-corrected chi connectivity index (χ1v) is 8.85. The van der Waals surface area contributed by atoms with Gasteiger partial charge in [0.05, 0.1) is 19.2 Å². The molecule has 27 heavy (non-hydrogen) atoms. The molecule has 0 fully saturated rings. The average Bonchev–Trinajstić information content (AvgIpc) is 3.21. The summed E-state index contributed by atoms with van der Waals surface area (Å²) in [6.45, 7) is 8.25. The lowest BCUT2D eigenvalue weighted by molar-refractivity contribution is -0.120. The van der Waals surface area contributed by atoms with Crippen LogP contribution in [0.15, 0.2) is 28.9 Å². The molecule has 0 aliphatic carbocycles. The predicted molar refractivity (Wildman–Crippen MR) is 101 cm³/mol. The molecular formula is C20H21N5O2. The molecule has 1 amide bonds. The number of nitrogens with zero attached hydrogens (tertiary/aromatic N) is 4. The number of carbonyl (C=O) groups excluding carboxylic acids is 1. The van der Waals surface area contributed by atoms with Gasteiger partial charge in [0, 0.05) is 22.3 Å². The van der Waals surface area contributed by atoms with E-state index in [2.05, 4.69) is 26.6 Å². The van der Waals surface area contributed by atoms with Crippen molar-refractivity contribution in [3.05, 3.63) is 58.4 Å².